The lowest BCUT2D eigenvalue weighted by Gasteiger charge is -2.12. The third-order valence-electron chi connectivity index (χ3n) is 3.34. The predicted molar refractivity (Wildman–Crippen MR) is 86.1 cm³/mol. The molecule has 0 aromatic heterocycles. The van der Waals surface area contributed by atoms with Crippen LogP contribution in [0, 0.1) is 0 Å². The fourth-order valence-corrected chi connectivity index (χ4v) is 3.29. The molecule has 5 heteroatoms. The van der Waals surface area contributed by atoms with E-state index in [1.165, 1.54) is 6.07 Å². The summed E-state index contributed by atoms with van der Waals surface area (Å²) in [6.07, 6.45) is 1.11. The van der Waals surface area contributed by atoms with Crippen LogP contribution in [0.25, 0.3) is 11.1 Å². The van der Waals surface area contributed by atoms with Gasteiger partial charge < -0.3 is 5.11 Å². The normalized spacial score (nSPS) is 12.6. The average Bonchev–Trinajstić information content (AvgIpc) is 2.47. The van der Waals surface area contributed by atoms with E-state index in [4.69, 9.17) is 0 Å². The molecule has 0 radical (unpaired) electrons. The molecule has 1 N–H and O–H groups in total. The summed E-state index contributed by atoms with van der Waals surface area (Å²) in [7, 11) is -3.45. The van der Waals surface area contributed by atoms with E-state index in [9.17, 15) is 18.3 Å². The fourth-order valence-electron chi connectivity index (χ4n) is 2.34. The summed E-state index contributed by atoms with van der Waals surface area (Å²) < 4.78 is 23.8. The average molecular weight is 316 g/mol. The maximum Gasteiger partial charge on any atom is 0.336 e. The Labute approximate surface area is 129 Å². The number of hydrogen-bond donors (Lipinski definition) is 1. The topological polar surface area (TPSA) is 71.4 Å². The third kappa shape index (κ3) is 3.26. The predicted octanol–water partition coefficient (Wildman–Crippen LogP) is 3.11. The van der Waals surface area contributed by atoms with E-state index >= 15 is 0 Å². The highest BCUT2D eigenvalue weighted by atomic mass is 32.2. The maximum absolute atomic E-state index is 11.9. The molecule has 0 atom stereocenters. The lowest BCUT2D eigenvalue weighted by Crippen LogP contribution is -2.06. The molecule has 0 saturated heterocycles. The van der Waals surface area contributed by atoms with Crippen molar-refractivity contribution in [2.45, 2.75) is 11.8 Å². The van der Waals surface area contributed by atoms with Crippen molar-refractivity contribution in [1.82, 2.24) is 0 Å². The van der Waals surface area contributed by atoms with Crippen LogP contribution in [0.5, 0.6) is 0 Å². The van der Waals surface area contributed by atoms with Gasteiger partial charge in [0.15, 0.2) is 9.84 Å². The van der Waals surface area contributed by atoms with Crippen molar-refractivity contribution in [1.29, 1.82) is 0 Å². The van der Waals surface area contributed by atoms with Gasteiger partial charge in [0.1, 0.15) is 0 Å². The minimum atomic E-state index is -3.45. The molecule has 0 heterocycles. The zero-order valence-corrected chi connectivity index (χ0v) is 13.1. The molecule has 0 aliphatic carbocycles. The first-order valence-corrected chi connectivity index (χ1v) is 8.50. The van der Waals surface area contributed by atoms with E-state index in [0.29, 0.717) is 16.7 Å². The van der Waals surface area contributed by atoms with Gasteiger partial charge in [0.25, 0.3) is 0 Å². The van der Waals surface area contributed by atoms with Crippen LogP contribution < -0.4 is 0 Å². The molecule has 0 aliphatic heterocycles. The third-order valence-corrected chi connectivity index (χ3v) is 4.50. The van der Waals surface area contributed by atoms with Crippen molar-refractivity contribution in [3.63, 3.8) is 0 Å². The number of rotatable bonds is 4. The molecule has 114 valence electrons. The van der Waals surface area contributed by atoms with E-state index in [-0.39, 0.29) is 10.5 Å². The molecule has 4 nitrogen and oxygen atoms in total. The van der Waals surface area contributed by atoms with Crippen LogP contribution in [0.2, 0.25) is 0 Å². The first-order valence-electron chi connectivity index (χ1n) is 6.61. The van der Waals surface area contributed by atoms with Gasteiger partial charge in [0.2, 0.25) is 0 Å². The monoisotopic (exact) mass is 316 g/mol. The van der Waals surface area contributed by atoms with Gasteiger partial charge >= 0.3 is 5.97 Å². The molecule has 2 aromatic rings. The number of carbonyl (C=O) groups is 1. The number of benzene rings is 2. The van der Waals surface area contributed by atoms with Gasteiger partial charge in [-0.05, 0) is 29.7 Å². The Bertz CT molecular complexity index is 834. The summed E-state index contributed by atoms with van der Waals surface area (Å²) in [6.45, 7) is 1.63. The molecule has 0 fully saturated rings. The first-order chi connectivity index (χ1) is 10.3. The fraction of sp³-hybridized carbons (Fsp3) is 0.118. The van der Waals surface area contributed by atoms with E-state index in [1.54, 1.807) is 55.5 Å². The minimum absolute atomic E-state index is 0.0942. The van der Waals surface area contributed by atoms with E-state index in [2.05, 4.69) is 0 Å². The molecule has 0 aliphatic rings. The SMILES string of the molecule is C/C(=C(\C(=O)O)c1ccccc1)c1ccccc1S(C)(=O)=O. The quantitative estimate of drug-likeness (QED) is 0.695. The van der Waals surface area contributed by atoms with Crippen LogP contribution in [-0.2, 0) is 14.6 Å². The summed E-state index contributed by atoms with van der Waals surface area (Å²) in [5.41, 5.74) is 1.46. The maximum atomic E-state index is 11.9. The second kappa shape index (κ2) is 6.15. The number of allylic oxidation sites excluding steroid dienone is 1. The highest BCUT2D eigenvalue weighted by Crippen LogP contribution is 2.30. The smallest absolute Gasteiger partial charge is 0.336 e. The van der Waals surface area contributed by atoms with Crippen molar-refractivity contribution in [3.8, 4) is 0 Å². The lowest BCUT2D eigenvalue weighted by molar-refractivity contribution is -0.130. The zero-order valence-electron chi connectivity index (χ0n) is 12.3. The van der Waals surface area contributed by atoms with Crippen molar-refractivity contribution in [3.05, 3.63) is 65.7 Å². The summed E-state index contributed by atoms with van der Waals surface area (Å²) in [5.74, 6) is -1.09. The van der Waals surface area contributed by atoms with Crippen molar-refractivity contribution in [2.24, 2.45) is 0 Å². The summed E-state index contributed by atoms with van der Waals surface area (Å²) in [6, 6.07) is 15.1. The molecule has 0 bridgehead atoms. The zero-order chi connectivity index (χ0) is 16.3. The van der Waals surface area contributed by atoms with Crippen molar-refractivity contribution in [2.75, 3.05) is 6.26 Å². The molecule has 2 aromatic carbocycles. The molecule has 0 saturated carbocycles. The second-order valence-corrected chi connectivity index (χ2v) is 6.92. The van der Waals surface area contributed by atoms with E-state index in [0.717, 1.165) is 6.26 Å². The first kappa shape index (κ1) is 16.0. The van der Waals surface area contributed by atoms with Crippen LogP contribution in [0.4, 0.5) is 0 Å². The molecular formula is C17H16O4S. The van der Waals surface area contributed by atoms with Crippen LogP contribution in [0.1, 0.15) is 18.1 Å². The van der Waals surface area contributed by atoms with Crippen LogP contribution >= 0.6 is 0 Å². The molecule has 22 heavy (non-hydrogen) atoms. The Morgan fingerprint density at radius 2 is 1.50 bits per heavy atom. The van der Waals surface area contributed by atoms with Gasteiger partial charge in [0, 0.05) is 6.26 Å². The molecule has 0 amide bonds. The number of hydrogen-bond acceptors (Lipinski definition) is 3. The summed E-state index contributed by atoms with van der Waals surface area (Å²) in [4.78, 5) is 11.8. The highest BCUT2D eigenvalue weighted by molar-refractivity contribution is 7.90. The number of carboxylic acids is 1. The second-order valence-electron chi connectivity index (χ2n) is 4.94. The Morgan fingerprint density at radius 1 is 0.955 bits per heavy atom. The van der Waals surface area contributed by atoms with Crippen LogP contribution in [-0.4, -0.2) is 25.7 Å². The lowest BCUT2D eigenvalue weighted by atomic mass is 9.96. The van der Waals surface area contributed by atoms with E-state index in [1.807, 2.05) is 0 Å². The van der Waals surface area contributed by atoms with E-state index < -0.39 is 15.8 Å². The summed E-state index contributed by atoms with van der Waals surface area (Å²) in [5, 5.41) is 9.54. The van der Waals surface area contributed by atoms with Gasteiger partial charge in [0.05, 0.1) is 10.5 Å². The van der Waals surface area contributed by atoms with Gasteiger partial charge in [-0.15, -0.1) is 0 Å². The largest absolute Gasteiger partial charge is 0.478 e. The Hall–Kier alpha value is -2.40. The standard InChI is InChI=1S/C17H16O4S/c1-12(14-10-6-7-11-15(14)22(2,20)21)16(17(18)19)13-8-4-3-5-9-13/h3-11H,1-2H3,(H,18,19)/b16-12+. The Kier molecular flexibility index (Phi) is 4.47. The van der Waals surface area contributed by atoms with Gasteiger partial charge in [-0.1, -0.05) is 48.5 Å². The number of aliphatic carboxylic acids is 1. The molecule has 0 unspecified atom stereocenters. The molecular weight excluding hydrogens is 300 g/mol. The Morgan fingerprint density at radius 3 is 2.05 bits per heavy atom. The number of carboxylic acid groups (broad SMARTS) is 1. The summed E-state index contributed by atoms with van der Waals surface area (Å²) >= 11 is 0. The number of sulfone groups is 1. The molecule has 2 rings (SSSR count). The van der Waals surface area contributed by atoms with Crippen LogP contribution in [0.3, 0.4) is 0 Å². The highest BCUT2D eigenvalue weighted by Gasteiger charge is 2.20. The van der Waals surface area contributed by atoms with Gasteiger partial charge in [-0.3, -0.25) is 0 Å². The van der Waals surface area contributed by atoms with Crippen molar-refractivity contribution >= 4 is 27.0 Å². The van der Waals surface area contributed by atoms with Crippen LogP contribution in [0.15, 0.2) is 59.5 Å². The van der Waals surface area contributed by atoms with Crippen molar-refractivity contribution < 1.29 is 18.3 Å². The van der Waals surface area contributed by atoms with Gasteiger partial charge in [-0.2, -0.15) is 0 Å². The molecule has 0 spiro atoms. The minimum Gasteiger partial charge on any atom is -0.478 e. The van der Waals surface area contributed by atoms with Gasteiger partial charge in [-0.25, -0.2) is 13.2 Å². The Balaban J connectivity index is 2.77.